The van der Waals surface area contributed by atoms with E-state index in [9.17, 15) is 4.79 Å². The van der Waals surface area contributed by atoms with Crippen molar-refractivity contribution in [2.45, 2.75) is 13.3 Å². The van der Waals surface area contributed by atoms with Crippen LogP contribution in [0.1, 0.15) is 13.3 Å². The Morgan fingerprint density at radius 1 is 1.47 bits per heavy atom. The van der Waals surface area contributed by atoms with E-state index in [1.165, 1.54) is 11.3 Å². The third kappa shape index (κ3) is 2.98. The minimum atomic E-state index is -0.108. The van der Waals surface area contributed by atoms with Gasteiger partial charge in [0.25, 0.3) is 0 Å². The van der Waals surface area contributed by atoms with E-state index in [0.29, 0.717) is 11.6 Å². The van der Waals surface area contributed by atoms with Crippen LogP contribution in [0.5, 0.6) is 0 Å². The molecule has 0 aliphatic rings. The van der Waals surface area contributed by atoms with Crippen LogP contribution in [-0.4, -0.2) is 16.0 Å². The lowest BCUT2D eigenvalue weighted by molar-refractivity contribution is -0.119. The van der Waals surface area contributed by atoms with Gasteiger partial charge in [-0.25, -0.2) is 4.98 Å². The first-order valence-corrected chi connectivity index (χ1v) is 6.38. The van der Waals surface area contributed by atoms with Crippen molar-refractivity contribution < 1.29 is 4.79 Å². The highest BCUT2D eigenvalue weighted by atomic mass is 32.1. The number of nitrogens with zero attached hydrogens (tertiary/aromatic N) is 1. The van der Waals surface area contributed by atoms with E-state index in [0.717, 1.165) is 10.2 Å². The van der Waals surface area contributed by atoms with Crippen LogP contribution < -0.4 is 10.6 Å². The molecule has 0 aliphatic heterocycles. The average Bonchev–Trinajstić information content (AvgIpc) is 2.70. The topological polar surface area (TPSA) is 54.0 Å². The van der Waals surface area contributed by atoms with E-state index < -0.39 is 0 Å². The van der Waals surface area contributed by atoms with Gasteiger partial charge in [-0.15, -0.1) is 0 Å². The zero-order chi connectivity index (χ0) is 12.3. The van der Waals surface area contributed by atoms with Gasteiger partial charge < -0.3 is 10.6 Å². The molecule has 1 amide bonds. The molecule has 0 unspecified atom stereocenters. The Morgan fingerprint density at radius 2 is 2.24 bits per heavy atom. The molecule has 0 saturated carbocycles. The Kier molecular flexibility index (Phi) is 3.65. The molecule has 0 spiro atoms. The molecule has 1 aromatic carbocycles. The minimum absolute atomic E-state index is 0.108. The Bertz CT molecular complexity index is 532. The lowest BCUT2D eigenvalue weighted by Crippen LogP contribution is -2.33. The quantitative estimate of drug-likeness (QED) is 0.819. The zero-order valence-electron chi connectivity index (χ0n) is 9.19. The molecule has 0 fully saturated rings. The number of aromatic nitrogens is 1. The van der Waals surface area contributed by atoms with E-state index in [4.69, 9.17) is 12.2 Å². The van der Waals surface area contributed by atoms with Gasteiger partial charge >= 0.3 is 0 Å². The molecular formula is C11H11N3OS2. The van der Waals surface area contributed by atoms with Gasteiger partial charge in [0.15, 0.2) is 10.2 Å². The summed E-state index contributed by atoms with van der Waals surface area (Å²) < 4.78 is 1.08. The molecule has 0 radical (unpaired) electrons. The number of nitrogens with one attached hydrogen (secondary N) is 2. The van der Waals surface area contributed by atoms with Crippen molar-refractivity contribution in [1.82, 2.24) is 10.3 Å². The van der Waals surface area contributed by atoms with Crippen LogP contribution >= 0.6 is 23.6 Å². The highest BCUT2D eigenvalue weighted by Crippen LogP contribution is 2.25. The summed E-state index contributed by atoms with van der Waals surface area (Å²) in [5.74, 6) is -0.108. The molecule has 4 nitrogen and oxygen atoms in total. The summed E-state index contributed by atoms with van der Waals surface area (Å²) in [6, 6.07) is 7.82. The van der Waals surface area contributed by atoms with Crippen LogP contribution in [0.4, 0.5) is 5.13 Å². The molecule has 0 saturated heterocycles. The maximum absolute atomic E-state index is 11.1. The SMILES string of the molecule is CCC(=O)NC(=S)Nc1nc2ccccc2s1. The number of thiocarbonyl (C=S) groups is 1. The Labute approximate surface area is 108 Å². The number of hydrogen-bond acceptors (Lipinski definition) is 4. The molecule has 2 N–H and O–H groups in total. The standard InChI is InChI=1S/C11H11N3OS2/c1-2-9(15)13-10(16)14-11-12-7-5-3-4-6-8(7)17-11/h3-6H,2H2,1H3,(H2,12,13,14,15,16). The number of carbonyl (C=O) groups excluding carboxylic acids is 1. The number of anilines is 1. The van der Waals surface area contributed by atoms with Crippen molar-refractivity contribution in [3.63, 3.8) is 0 Å². The van der Waals surface area contributed by atoms with Crippen molar-refractivity contribution in [3.8, 4) is 0 Å². The number of para-hydroxylation sites is 1. The number of fused-ring (bicyclic) bond motifs is 1. The number of carbonyl (C=O) groups is 1. The molecule has 88 valence electrons. The second-order valence-corrected chi connectivity index (χ2v) is 4.78. The number of benzene rings is 1. The van der Waals surface area contributed by atoms with E-state index in [1.54, 1.807) is 6.92 Å². The number of rotatable bonds is 2. The van der Waals surface area contributed by atoms with Crippen LogP contribution in [0.15, 0.2) is 24.3 Å². The third-order valence-electron chi connectivity index (χ3n) is 2.09. The monoisotopic (exact) mass is 265 g/mol. The Balaban J connectivity index is 2.08. The van der Waals surface area contributed by atoms with Crippen LogP contribution in [0.2, 0.25) is 0 Å². The summed E-state index contributed by atoms with van der Waals surface area (Å²) in [6.07, 6.45) is 0.404. The summed E-state index contributed by atoms with van der Waals surface area (Å²) in [6.45, 7) is 1.77. The van der Waals surface area contributed by atoms with Gasteiger partial charge in [0.05, 0.1) is 10.2 Å². The van der Waals surface area contributed by atoms with Gasteiger partial charge in [0.1, 0.15) is 0 Å². The van der Waals surface area contributed by atoms with E-state index in [2.05, 4.69) is 15.6 Å². The maximum Gasteiger partial charge on any atom is 0.225 e. The van der Waals surface area contributed by atoms with Gasteiger partial charge in [-0.3, -0.25) is 4.79 Å². The molecule has 2 rings (SSSR count). The third-order valence-corrected chi connectivity index (χ3v) is 3.24. The number of thiazole rings is 1. The molecule has 0 atom stereocenters. The molecule has 1 aromatic heterocycles. The number of hydrogen-bond donors (Lipinski definition) is 2. The highest BCUT2D eigenvalue weighted by molar-refractivity contribution is 7.80. The van der Waals surface area contributed by atoms with Crippen molar-refractivity contribution in [2.24, 2.45) is 0 Å². The van der Waals surface area contributed by atoms with E-state index in [-0.39, 0.29) is 11.0 Å². The van der Waals surface area contributed by atoms with Crippen LogP contribution in [0.3, 0.4) is 0 Å². The van der Waals surface area contributed by atoms with Crippen molar-refractivity contribution in [2.75, 3.05) is 5.32 Å². The molecular weight excluding hydrogens is 254 g/mol. The first kappa shape index (κ1) is 11.9. The summed E-state index contributed by atoms with van der Waals surface area (Å²) >= 11 is 6.51. The van der Waals surface area contributed by atoms with E-state index in [1.807, 2.05) is 24.3 Å². The molecule has 17 heavy (non-hydrogen) atoms. The highest BCUT2D eigenvalue weighted by Gasteiger charge is 2.06. The summed E-state index contributed by atoms with van der Waals surface area (Å²) in [7, 11) is 0. The largest absolute Gasteiger partial charge is 0.308 e. The Hall–Kier alpha value is -1.53. The van der Waals surface area contributed by atoms with Crippen LogP contribution in [-0.2, 0) is 4.79 Å². The Morgan fingerprint density at radius 3 is 2.94 bits per heavy atom. The fraction of sp³-hybridized carbons (Fsp3) is 0.182. The molecule has 0 bridgehead atoms. The van der Waals surface area contributed by atoms with Gasteiger partial charge in [-0.2, -0.15) is 0 Å². The van der Waals surface area contributed by atoms with Gasteiger partial charge in [0.2, 0.25) is 5.91 Å². The second-order valence-electron chi connectivity index (χ2n) is 3.34. The first-order valence-electron chi connectivity index (χ1n) is 5.15. The lowest BCUT2D eigenvalue weighted by atomic mass is 10.3. The molecule has 6 heteroatoms. The maximum atomic E-state index is 11.1. The van der Waals surface area contributed by atoms with Crippen LogP contribution in [0.25, 0.3) is 10.2 Å². The van der Waals surface area contributed by atoms with Crippen molar-refractivity contribution >= 4 is 49.9 Å². The fourth-order valence-electron chi connectivity index (χ4n) is 1.27. The first-order chi connectivity index (χ1) is 8.19. The van der Waals surface area contributed by atoms with Gasteiger partial charge in [-0.05, 0) is 24.4 Å². The average molecular weight is 265 g/mol. The number of amides is 1. The van der Waals surface area contributed by atoms with Crippen molar-refractivity contribution in [3.05, 3.63) is 24.3 Å². The summed E-state index contributed by atoms with van der Waals surface area (Å²) in [5, 5.41) is 6.45. The zero-order valence-corrected chi connectivity index (χ0v) is 10.8. The summed E-state index contributed by atoms with van der Waals surface area (Å²) in [4.78, 5) is 15.5. The van der Waals surface area contributed by atoms with Crippen LogP contribution in [0, 0.1) is 0 Å². The smallest absolute Gasteiger partial charge is 0.225 e. The fourth-order valence-corrected chi connectivity index (χ4v) is 2.41. The van der Waals surface area contributed by atoms with Gasteiger partial charge in [-0.1, -0.05) is 30.4 Å². The second kappa shape index (κ2) is 5.20. The lowest BCUT2D eigenvalue weighted by Gasteiger charge is -2.04. The summed E-state index contributed by atoms with van der Waals surface area (Å²) in [5.41, 5.74) is 0.921. The van der Waals surface area contributed by atoms with E-state index >= 15 is 0 Å². The molecule has 2 aromatic rings. The molecule has 1 heterocycles. The van der Waals surface area contributed by atoms with Gasteiger partial charge in [0, 0.05) is 6.42 Å². The molecule has 0 aliphatic carbocycles. The predicted octanol–water partition coefficient (Wildman–Crippen LogP) is 2.52. The predicted molar refractivity (Wildman–Crippen MR) is 74.3 cm³/mol. The normalized spacial score (nSPS) is 10.2. The minimum Gasteiger partial charge on any atom is -0.308 e. The van der Waals surface area contributed by atoms with Crippen molar-refractivity contribution in [1.29, 1.82) is 0 Å².